The number of carbonyl (C=O) groups is 2. The maximum Gasteiger partial charge on any atom is 0.324 e. The largest absolute Gasteiger partial charge is 0.495 e. The van der Waals surface area contributed by atoms with E-state index in [1.807, 2.05) is 21.7 Å². The second-order valence-electron chi connectivity index (χ2n) is 8.86. The lowest BCUT2D eigenvalue weighted by Crippen LogP contribution is -2.39. The van der Waals surface area contributed by atoms with Crippen LogP contribution < -0.4 is 15.4 Å². The summed E-state index contributed by atoms with van der Waals surface area (Å²) in [6, 6.07) is 8.85. The number of benzene rings is 1. The van der Waals surface area contributed by atoms with Crippen molar-refractivity contribution < 1.29 is 14.3 Å². The summed E-state index contributed by atoms with van der Waals surface area (Å²) < 4.78 is 7.13. The highest BCUT2D eigenvalue weighted by Gasteiger charge is 2.37. The summed E-state index contributed by atoms with van der Waals surface area (Å²) in [7, 11) is 1.57. The third-order valence-electron chi connectivity index (χ3n) is 6.48. The van der Waals surface area contributed by atoms with Crippen LogP contribution in [0, 0.1) is 5.41 Å². The summed E-state index contributed by atoms with van der Waals surface area (Å²) in [5.74, 6) is 1.50. The summed E-state index contributed by atoms with van der Waals surface area (Å²) >= 11 is 0. The molecular weight excluding hydrogens is 394 g/mol. The van der Waals surface area contributed by atoms with Gasteiger partial charge in [0.25, 0.3) is 0 Å². The normalized spacial score (nSPS) is 17.8. The predicted octanol–water partition coefficient (Wildman–Crippen LogP) is 4.28. The summed E-state index contributed by atoms with van der Waals surface area (Å²) in [4.78, 5) is 27.0. The number of anilines is 2. The molecule has 2 heterocycles. The van der Waals surface area contributed by atoms with Crippen LogP contribution in [0.4, 0.5) is 16.3 Å². The van der Waals surface area contributed by atoms with Gasteiger partial charge in [-0.15, -0.1) is 0 Å². The molecule has 0 spiro atoms. The van der Waals surface area contributed by atoms with Gasteiger partial charge in [0, 0.05) is 25.6 Å². The number of amides is 3. The van der Waals surface area contributed by atoms with Crippen molar-refractivity contribution in [2.45, 2.75) is 51.5 Å². The predicted molar refractivity (Wildman–Crippen MR) is 119 cm³/mol. The van der Waals surface area contributed by atoms with E-state index in [-0.39, 0.29) is 18.0 Å². The summed E-state index contributed by atoms with van der Waals surface area (Å²) in [6.45, 7) is 3.72. The minimum atomic E-state index is -0.354. The maximum absolute atomic E-state index is 12.5. The highest BCUT2D eigenvalue weighted by molar-refractivity contribution is 6.00. The van der Waals surface area contributed by atoms with Crippen molar-refractivity contribution >= 4 is 23.4 Å². The number of nitrogens with zero attached hydrogens (tertiary/aromatic N) is 3. The average molecular weight is 426 g/mol. The Hall–Kier alpha value is -3.03. The Labute approximate surface area is 182 Å². The zero-order valence-electron chi connectivity index (χ0n) is 18.3. The number of methoxy groups -OCH3 is 1. The van der Waals surface area contributed by atoms with E-state index >= 15 is 0 Å². The van der Waals surface area contributed by atoms with Crippen LogP contribution in [0.5, 0.6) is 5.75 Å². The van der Waals surface area contributed by atoms with E-state index in [1.54, 1.807) is 31.5 Å². The first-order chi connectivity index (χ1) is 15.0. The number of piperidine rings is 1. The number of aromatic nitrogens is 2. The van der Waals surface area contributed by atoms with Crippen LogP contribution in [0.3, 0.4) is 0 Å². The Morgan fingerprint density at radius 3 is 2.61 bits per heavy atom. The average Bonchev–Trinajstić information content (AvgIpc) is 3.34. The smallest absolute Gasteiger partial charge is 0.324 e. The Kier molecular flexibility index (Phi) is 6.15. The molecule has 1 aliphatic heterocycles. The van der Waals surface area contributed by atoms with Crippen molar-refractivity contribution in [1.82, 2.24) is 14.7 Å². The van der Waals surface area contributed by atoms with Crippen molar-refractivity contribution in [3.05, 3.63) is 36.5 Å². The number of carbonyl (C=O) groups excluding carboxylic acids is 2. The van der Waals surface area contributed by atoms with E-state index in [1.165, 1.54) is 12.8 Å². The molecule has 2 aliphatic rings. The molecular formula is C23H31N5O3. The van der Waals surface area contributed by atoms with Crippen LogP contribution in [-0.4, -0.2) is 46.8 Å². The molecule has 31 heavy (non-hydrogen) atoms. The molecule has 0 radical (unpaired) electrons. The number of urea groups is 1. The molecule has 1 saturated heterocycles. The summed E-state index contributed by atoms with van der Waals surface area (Å²) in [5, 5.41) is 10.1. The van der Waals surface area contributed by atoms with Crippen molar-refractivity contribution in [3.8, 4) is 5.75 Å². The number of likely N-dealkylation sites (tertiary alicyclic amines) is 1. The van der Waals surface area contributed by atoms with Crippen molar-refractivity contribution in [2.24, 2.45) is 5.41 Å². The van der Waals surface area contributed by atoms with E-state index in [0.717, 1.165) is 32.4 Å². The number of ether oxygens (including phenoxy) is 1. The van der Waals surface area contributed by atoms with E-state index in [4.69, 9.17) is 4.74 Å². The van der Waals surface area contributed by atoms with Crippen LogP contribution in [-0.2, 0) is 4.79 Å². The van der Waals surface area contributed by atoms with Gasteiger partial charge in [0.05, 0.1) is 25.0 Å². The first kappa shape index (κ1) is 21.2. The highest BCUT2D eigenvalue weighted by atomic mass is 16.5. The van der Waals surface area contributed by atoms with E-state index < -0.39 is 0 Å². The van der Waals surface area contributed by atoms with Crippen LogP contribution in [0.25, 0.3) is 0 Å². The molecule has 0 bridgehead atoms. The lowest BCUT2D eigenvalue weighted by molar-refractivity contribution is -0.132. The fourth-order valence-electron chi connectivity index (χ4n) is 4.11. The van der Waals surface area contributed by atoms with Gasteiger partial charge in [0.1, 0.15) is 11.6 Å². The molecule has 1 saturated carbocycles. The number of hydrogen-bond acceptors (Lipinski definition) is 4. The van der Waals surface area contributed by atoms with Crippen LogP contribution in [0.15, 0.2) is 36.5 Å². The summed E-state index contributed by atoms with van der Waals surface area (Å²) in [6.07, 6.45) is 7.50. The quantitative estimate of drug-likeness (QED) is 0.693. The molecule has 2 fully saturated rings. The second kappa shape index (κ2) is 8.99. The Morgan fingerprint density at radius 2 is 1.90 bits per heavy atom. The van der Waals surface area contributed by atoms with Crippen molar-refractivity contribution in [1.29, 1.82) is 0 Å². The monoisotopic (exact) mass is 425 g/mol. The molecule has 1 aromatic carbocycles. The van der Waals surface area contributed by atoms with E-state index in [9.17, 15) is 9.59 Å². The zero-order chi connectivity index (χ0) is 21.8. The Morgan fingerprint density at radius 1 is 1.16 bits per heavy atom. The van der Waals surface area contributed by atoms with Crippen LogP contribution in [0.1, 0.15) is 51.5 Å². The van der Waals surface area contributed by atoms with Gasteiger partial charge in [0.2, 0.25) is 5.91 Å². The molecule has 0 atom stereocenters. The Balaban J connectivity index is 1.30. The van der Waals surface area contributed by atoms with Crippen LogP contribution >= 0.6 is 0 Å². The van der Waals surface area contributed by atoms with Gasteiger partial charge in [-0.2, -0.15) is 5.10 Å². The molecule has 1 aliphatic carbocycles. The second-order valence-corrected chi connectivity index (χ2v) is 8.86. The van der Waals surface area contributed by atoms with Gasteiger partial charge in [-0.1, -0.05) is 19.1 Å². The first-order valence-corrected chi connectivity index (χ1v) is 11.0. The van der Waals surface area contributed by atoms with E-state index in [2.05, 4.69) is 22.7 Å². The van der Waals surface area contributed by atoms with Crippen molar-refractivity contribution in [3.63, 3.8) is 0 Å². The molecule has 1 aromatic heterocycles. The third kappa shape index (κ3) is 5.18. The first-order valence-electron chi connectivity index (χ1n) is 11.0. The van der Waals surface area contributed by atoms with Crippen LogP contribution in [0.2, 0.25) is 0 Å². The molecule has 4 rings (SSSR count). The Bertz CT molecular complexity index is 929. The van der Waals surface area contributed by atoms with Gasteiger partial charge < -0.3 is 15.0 Å². The zero-order valence-corrected chi connectivity index (χ0v) is 18.3. The van der Waals surface area contributed by atoms with Gasteiger partial charge in [-0.05, 0) is 49.7 Å². The standard InChI is InChI=1S/C23H31N5O3/c1-23(12-13-23)11-7-21(29)27-15-9-17(10-16-27)28-20(8-14-24-28)26-22(30)25-18-5-3-4-6-19(18)31-2/h3-6,8,14,17H,7,9-13,15-16H2,1-2H3,(H2,25,26,30). The SMILES string of the molecule is COc1ccccc1NC(=O)Nc1ccnn1C1CCN(C(=O)CCC2(C)CC2)CC1. The van der Waals surface area contributed by atoms with Gasteiger partial charge in [0.15, 0.2) is 0 Å². The summed E-state index contributed by atoms with van der Waals surface area (Å²) in [5.41, 5.74) is 1.01. The van der Waals surface area contributed by atoms with Crippen molar-refractivity contribution in [2.75, 3.05) is 30.8 Å². The van der Waals surface area contributed by atoms with Gasteiger partial charge >= 0.3 is 6.03 Å². The molecule has 2 N–H and O–H groups in total. The molecule has 8 heteroatoms. The molecule has 0 unspecified atom stereocenters. The maximum atomic E-state index is 12.5. The van der Waals surface area contributed by atoms with Gasteiger partial charge in [-0.25, -0.2) is 9.48 Å². The minimum absolute atomic E-state index is 0.154. The number of nitrogens with one attached hydrogen (secondary N) is 2. The lowest BCUT2D eigenvalue weighted by atomic mass is 10.0. The third-order valence-corrected chi connectivity index (χ3v) is 6.48. The molecule has 3 amide bonds. The van der Waals surface area contributed by atoms with Gasteiger partial charge in [-0.3, -0.25) is 10.1 Å². The fraction of sp³-hybridized carbons (Fsp3) is 0.522. The molecule has 2 aromatic rings. The molecule has 166 valence electrons. The van der Waals surface area contributed by atoms with E-state index in [0.29, 0.717) is 29.1 Å². The topological polar surface area (TPSA) is 88.5 Å². The lowest BCUT2D eigenvalue weighted by Gasteiger charge is -2.33. The number of para-hydroxylation sites is 2. The molecule has 8 nitrogen and oxygen atoms in total. The minimum Gasteiger partial charge on any atom is -0.495 e. The number of hydrogen-bond donors (Lipinski definition) is 2. The highest BCUT2D eigenvalue weighted by Crippen LogP contribution is 2.49. The number of rotatable bonds is 7. The fourth-order valence-corrected chi connectivity index (χ4v) is 4.11.